The van der Waals surface area contributed by atoms with Crippen LogP contribution in [0.15, 0.2) is 29.2 Å². The highest BCUT2D eigenvalue weighted by atomic mass is 32.2. The predicted molar refractivity (Wildman–Crippen MR) is 97.1 cm³/mol. The fourth-order valence-corrected chi connectivity index (χ4v) is 4.16. The molecule has 1 aliphatic rings. The third-order valence-electron chi connectivity index (χ3n) is 3.94. The number of carbonyl (C=O) groups excluding carboxylic acids is 2. The van der Waals surface area contributed by atoms with E-state index in [1.807, 2.05) is 6.92 Å². The van der Waals surface area contributed by atoms with Crippen molar-refractivity contribution in [2.45, 2.75) is 63.5 Å². The van der Waals surface area contributed by atoms with Gasteiger partial charge in [-0.25, -0.2) is 17.5 Å². The molecule has 0 bridgehead atoms. The Labute approximate surface area is 154 Å². The monoisotopic (exact) mass is 382 g/mol. The lowest BCUT2D eigenvalue weighted by molar-refractivity contribution is -0.126. The maximum Gasteiger partial charge on any atom is 0.407 e. The summed E-state index contributed by atoms with van der Waals surface area (Å²) in [5, 5.41) is 2.66. The minimum Gasteiger partial charge on any atom is -0.444 e. The molecule has 0 spiro atoms. The zero-order chi connectivity index (χ0) is 19.5. The molecule has 0 unspecified atom stereocenters. The number of ether oxygens (including phenoxy) is 1. The molecule has 1 heterocycles. The zero-order valence-corrected chi connectivity index (χ0v) is 16.4. The maximum absolute atomic E-state index is 12.8. The van der Waals surface area contributed by atoms with Crippen LogP contribution in [0, 0.1) is 6.92 Å². The van der Waals surface area contributed by atoms with Gasteiger partial charge in [0, 0.05) is 19.0 Å². The fourth-order valence-electron chi connectivity index (χ4n) is 2.71. The standard InChI is InChI=1S/C18H26N2O5S/c1-13-7-9-15(10-8-13)26(23,24)20-11-5-6-14(12-16(20)21)19-17(22)25-18(2,3)4/h7-10,14H,5-6,11-12H2,1-4H3,(H,19,22)/t14-/m0/s1. The van der Waals surface area contributed by atoms with Gasteiger partial charge in [-0.15, -0.1) is 0 Å². The topological polar surface area (TPSA) is 92.8 Å². The van der Waals surface area contributed by atoms with Crippen molar-refractivity contribution in [3.63, 3.8) is 0 Å². The summed E-state index contributed by atoms with van der Waals surface area (Å²) in [7, 11) is -3.89. The number of hydrogen-bond donors (Lipinski definition) is 1. The lowest BCUT2D eigenvalue weighted by atomic mass is 10.1. The molecule has 8 heteroatoms. The highest BCUT2D eigenvalue weighted by Crippen LogP contribution is 2.22. The molecule has 1 atom stereocenters. The van der Waals surface area contributed by atoms with Gasteiger partial charge in [-0.3, -0.25) is 4.79 Å². The van der Waals surface area contributed by atoms with E-state index in [0.717, 1.165) is 9.87 Å². The van der Waals surface area contributed by atoms with Crippen LogP contribution in [-0.2, 0) is 19.6 Å². The fraction of sp³-hybridized carbons (Fsp3) is 0.556. The van der Waals surface area contributed by atoms with Gasteiger partial charge in [-0.05, 0) is 52.7 Å². The Morgan fingerprint density at radius 3 is 2.42 bits per heavy atom. The molecular formula is C18H26N2O5S. The summed E-state index contributed by atoms with van der Waals surface area (Å²) in [5.74, 6) is -0.524. The molecule has 1 N–H and O–H groups in total. The van der Waals surface area contributed by atoms with Gasteiger partial charge in [0.15, 0.2) is 0 Å². The molecule has 1 saturated heterocycles. The number of alkyl carbamates (subject to hydrolysis) is 1. The summed E-state index contributed by atoms with van der Waals surface area (Å²) < 4.78 is 31.7. The van der Waals surface area contributed by atoms with Gasteiger partial charge in [0.25, 0.3) is 10.0 Å². The number of benzene rings is 1. The normalized spacial score (nSPS) is 19.0. The Morgan fingerprint density at radius 2 is 1.85 bits per heavy atom. The molecule has 144 valence electrons. The van der Waals surface area contributed by atoms with E-state index < -0.39 is 33.7 Å². The third-order valence-corrected chi connectivity index (χ3v) is 5.78. The largest absolute Gasteiger partial charge is 0.444 e. The van der Waals surface area contributed by atoms with E-state index in [1.54, 1.807) is 32.9 Å². The second-order valence-corrected chi connectivity index (χ2v) is 9.34. The summed E-state index contributed by atoms with van der Waals surface area (Å²) in [6, 6.07) is 5.94. The molecule has 0 aliphatic carbocycles. The Morgan fingerprint density at radius 1 is 1.23 bits per heavy atom. The van der Waals surface area contributed by atoms with Gasteiger partial charge in [0.1, 0.15) is 5.60 Å². The molecular weight excluding hydrogens is 356 g/mol. The minimum atomic E-state index is -3.89. The van der Waals surface area contributed by atoms with Gasteiger partial charge in [-0.2, -0.15) is 0 Å². The number of nitrogens with zero attached hydrogens (tertiary/aromatic N) is 1. The van der Waals surface area contributed by atoms with E-state index in [4.69, 9.17) is 4.74 Å². The summed E-state index contributed by atoms with van der Waals surface area (Å²) in [6.45, 7) is 7.21. The summed E-state index contributed by atoms with van der Waals surface area (Å²) in [5.41, 5.74) is 0.298. The van der Waals surface area contributed by atoms with E-state index in [1.165, 1.54) is 12.1 Å². The van der Waals surface area contributed by atoms with Crippen LogP contribution in [0.2, 0.25) is 0 Å². The molecule has 1 aliphatic heterocycles. The summed E-state index contributed by atoms with van der Waals surface area (Å²) in [4.78, 5) is 24.5. The number of hydrogen-bond acceptors (Lipinski definition) is 5. The number of nitrogens with one attached hydrogen (secondary N) is 1. The molecule has 7 nitrogen and oxygen atoms in total. The smallest absolute Gasteiger partial charge is 0.407 e. The van der Waals surface area contributed by atoms with Crippen molar-refractivity contribution in [3.8, 4) is 0 Å². The van der Waals surface area contributed by atoms with E-state index >= 15 is 0 Å². The van der Waals surface area contributed by atoms with Crippen molar-refractivity contribution < 1.29 is 22.7 Å². The van der Waals surface area contributed by atoms with E-state index in [9.17, 15) is 18.0 Å². The molecule has 0 saturated carbocycles. The lowest BCUT2D eigenvalue weighted by Gasteiger charge is -2.23. The van der Waals surface area contributed by atoms with Crippen molar-refractivity contribution in [2.75, 3.05) is 6.54 Å². The SMILES string of the molecule is Cc1ccc(S(=O)(=O)N2CCC[C@H](NC(=O)OC(C)(C)C)CC2=O)cc1. The highest BCUT2D eigenvalue weighted by Gasteiger charge is 2.33. The van der Waals surface area contributed by atoms with Crippen LogP contribution in [0.1, 0.15) is 45.6 Å². The number of sulfonamides is 1. The second-order valence-electron chi connectivity index (χ2n) is 7.47. The minimum absolute atomic E-state index is 0.0790. The Hall–Kier alpha value is -2.09. The Kier molecular flexibility index (Phi) is 5.95. The average Bonchev–Trinajstić information content (AvgIpc) is 2.67. The molecule has 1 fully saturated rings. The van der Waals surface area contributed by atoms with Gasteiger partial charge >= 0.3 is 6.09 Å². The van der Waals surface area contributed by atoms with Crippen LogP contribution in [0.25, 0.3) is 0 Å². The molecule has 26 heavy (non-hydrogen) atoms. The first-order valence-electron chi connectivity index (χ1n) is 8.61. The highest BCUT2D eigenvalue weighted by molar-refractivity contribution is 7.89. The number of aryl methyl sites for hydroxylation is 1. The molecule has 0 radical (unpaired) electrons. The summed E-state index contributed by atoms with van der Waals surface area (Å²) >= 11 is 0. The van der Waals surface area contributed by atoms with Gasteiger partial charge < -0.3 is 10.1 Å². The predicted octanol–water partition coefficient (Wildman–Crippen LogP) is 2.59. The van der Waals surface area contributed by atoms with Crippen molar-refractivity contribution >= 4 is 22.0 Å². The maximum atomic E-state index is 12.8. The average molecular weight is 382 g/mol. The first-order chi connectivity index (χ1) is 12.0. The van der Waals surface area contributed by atoms with Crippen LogP contribution in [-0.4, -0.2) is 42.9 Å². The van der Waals surface area contributed by atoms with E-state index in [0.29, 0.717) is 12.8 Å². The van der Waals surface area contributed by atoms with E-state index in [2.05, 4.69) is 5.32 Å². The molecule has 2 rings (SSSR count). The Bertz CT molecular complexity index is 766. The van der Waals surface area contributed by atoms with E-state index in [-0.39, 0.29) is 17.9 Å². The van der Waals surface area contributed by atoms with Gasteiger partial charge in [-0.1, -0.05) is 17.7 Å². The second kappa shape index (κ2) is 7.65. The number of amides is 2. The van der Waals surface area contributed by atoms with Crippen LogP contribution >= 0.6 is 0 Å². The van der Waals surface area contributed by atoms with Crippen LogP contribution in [0.4, 0.5) is 4.79 Å². The third kappa shape index (κ3) is 5.20. The van der Waals surface area contributed by atoms with Crippen molar-refractivity contribution in [2.24, 2.45) is 0 Å². The van der Waals surface area contributed by atoms with Crippen LogP contribution in [0.3, 0.4) is 0 Å². The van der Waals surface area contributed by atoms with Crippen LogP contribution < -0.4 is 5.32 Å². The zero-order valence-electron chi connectivity index (χ0n) is 15.6. The first kappa shape index (κ1) is 20.2. The van der Waals surface area contributed by atoms with Crippen molar-refractivity contribution in [3.05, 3.63) is 29.8 Å². The molecule has 1 aromatic carbocycles. The van der Waals surface area contributed by atoms with Crippen molar-refractivity contribution in [1.29, 1.82) is 0 Å². The van der Waals surface area contributed by atoms with Crippen molar-refractivity contribution in [1.82, 2.24) is 9.62 Å². The van der Waals surface area contributed by atoms with Gasteiger partial charge in [0.2, 0.25) is 5.91 Å². The lowest BCUT2D eigenvalue weighted by Crippen LogP contribution is -2.41. The quantitative estimate of drug-likeness (QED) is 0.867. The first-order valence-corrected chi connectivity index (χ1v) is 10.0. The molecule has 1 aromatic rings. The molecule has 2 amide bonds. The Balaban J connectivity index is 2.09. The van der Waals surface area contributed by atoms with Gasteiger partial charge in [0.05, 0.1) is 4.90 Å². The van der Waals surface area contributed by atoms with Crippen LogP contribution in [0.5, 0.6) is 0 Å². The summed E-state index contributed by atoms with van der Waals surface area (Å²) in [6.07, 6.45) is 0.289. The number of carbonyl (C=O) groups is 2. The molecule has 0 aromatic heterocycles. The number of rotatable bonds is 3.